The average molecular weight is 435 g/mol. The first-order valence-corrected chi connectivity index (χ1v) is 10.7. The molecule has 0 aliphatic carbocycles. The Labute approximate surface area is 185 Å². The van der Waals surface area contributed by atoms with Crippen molar-refractivity contribution in [3.8, 4) is 5.75 Å². The molecule has 3 aromatic carbocycles. The van der Waals surface area contributed by atoms with Gasteiger partial charge in [-0.15, -0.1) is 0 Å². The van der Waals surface area contributed by atoms with E-state index in [9.17, 15) is 9.90 Å². The topological polar surface area (TPSA) is 86.3 Å². The summed E-state index contributed by atoms with van der Waals surface area (Å²) in [5.41, 5.74) is 0.850. The largest absolute Gasteiger partial charge is 0.462 e. The summed E-state index contributed by atoms with van der Waals surface area (Å²) in [7, 11) is 0. The van der Waals surface area contributed by atoms with E-state index in [2.05, 4.69) is 5.32 Å². The molecule has 32 heavy (non-hydrogen) atoms. The Morgan fingerprint density at radius 1 is 1.00 bits per heavy atom. The Morgan fingerprint density at radius 2 is 1.75 bits per heavy atom. The number of amides is 1. The molecule has 0 bridgehead atoms. The molecule has 1 amide bonds. The molecule has 5 rings (SSSR count). The minimum Gasteiger partial charge on any atom is -0.462 e. The first-order valence-electron chi connectivity index (χ1n) is 10.7. The van der Waals surface area contributed by atoms with Crippen molar-refractivity contribution in [2.75, 3.05) is 6.61 Å². The number of benzene rings is 3. The van der Waals surface area contributed by atoms with Crippen LogP contribution in [0.4, 0.5) is 0 Å². The van der Waals surface area contributed by atoms with Gasteiger partial charge in [0, 0.05) is 17.9 Å². The molecule has 6 atom stereocenters. The van der Waals surface area contributed by atoms with Crippen molar-refractivity contribution in [3.63, 3.8) is 0 Å². The number of carbonyl (C=O) groups excluding carboxylic acids is 1. The predicted molar refractivity (Wildman–Crippen MR) is 117 cm³/mol. The average Bonchev–Trinajstić information content (AvgIpc) is 2.82. The summed E-state index contributed by atoms with van der Waals surface area (Å²) in [6.07, 6.45) is -3.81. The number of hydrogen-bond acceptors (Lipinski definition) is 6. The molecule has 2 heterocycles. The third kappa shape index (κ3) is 4.08. The molecule has 3 aromatic rings. The summed E-state index contributed by atoms with van der Waals surface area (Å²) >= 11 is 0. The van der Waals surface area contributed by atoms with Crippen molar-refractivity contribution >= 4 is 16.7 Å². The Hall–Kier alpha value is -2.97. The summed E-state index contributed by atoms with van der Waals surface area (Å²) in [6.45, 7) is 1.62. The van der Waals surface area contributed by atoms with E-state index in [1.165, 1.54) is 6.92 Å². The molecular weight excluding hydrogens is 410 g/mol. The van der Waals surface area contributed by atoms with E-state index < -0.39 is 36.9 Å². The van der Waals surface area contributed by atoms with Gasteiger partial charge in [-0.25, -0.2) is 0 Å². The highest BCUT2D eigenvalue weighted by Crippen LogP contribution is 2.36. The zero-order chi connectivity index (χ0) is 22.1. The van der Waals surface area contributed by atoms with Crippen LogP contribution in [0.3, 0.4) is 0 Å². The number of hydrogen-bond donors (Lipinski definition) is 2. The lowest BCUT2D eigenvalue weighted by molar-refractivity contribution is -0.333. The molecule has 2 saturated heterocycles. The summed E-state index contributed by atoms with van der Waals surface area (Å²) in [5, 5.41) is 15.9. The number of fused-ring (bicyclic) bond motifs is 2. The van der Waals surface area contributed by atoms with E-state index in [1.807, 2.05) is 72.8 Å². The molecule has 0 radical (unpaired) electrons. The SMILES string of the molecule is CC(=O)N[C@@H]1[C@H](Oc2cccc3ccccc23)O[C@@H]2CO[C@H](c3ccccc3)O[C@@H]2[C@H]1O. The van der Waals surface area contributed by atoms with Gasteiger partial charge in [0.05, 0.1) is 6.61 Å². The number of rotatable bonds is 4. The highest BCUT2D eigenvalue weighted by molar-refractivity contribution is 5.88. The van der Waals surface area contributed by atoms with Crippen molar-refractivity contribution < 1.29 is 28.8 Å². The fourth-order valence-electron chi connectivity index (χ4n) is 4.28. The van der Waals surface area contributed by atoms with Gasteiger partial charge < -0.3 is 29.4 Å². The molecule has 166 valence electrons. The van der Waals surface area contributed by atoms with E-state index in [4.69, 9.17) is 18.9 Å². The monoisotopic (exact) mass is 435 g/mol. The fourth-order valence-corrected chi connectivity index (χ4v) is 4.28. The molecule has 0 spiro atoms. The van der Waals surface area contributed by atoms with Crippen molar-refractivity contribution in [1.29, 1.82) is 0 Å². The van der Waals surface area contributed by atoms with Gasteiger partial charge >= 0.3 is 0 Å². The summed E-state index contributed by atoms with van der Waals surface area (Å²) in [6, 6.07) is 22.3. The summed E-state index contributed by atoms with van der Waals surface area (Å²) < 4.78 is 24.3. The van der Waals surface area contributed by atoms with E-state index in [0.717, 1.165) is 16.3 Å². The van der Waals surface area contributed by atoms with E-state index in [0.29, 0.717) is 5.75 Å². The molecule has 2 aliphatic rings. The highest BCUT2D eigenvalue weighted by atomic mass is 16.7. The molecule has 2 N–H and O–H groups in total. The van der Waals surface area contributed by atoms with Crippen LogP contribution in [-0.4, -0.2) is 48.3 Å². The smallest absolute Gasteiger partial charge is 0.223 e. The normalized spacial score (nSPS) is 29.8. The lowest BCUT2D eigenvalue weighted by Crippen LogP contribution is -2.67. The van der Waals surface area contributed by atoms with Crippen LogP contribution < -0.4 is 10.1 Å². The Balaban J connectivity index is 1.40. The second-order valence-corrected chi connectivity index (χ2v) is 8.03. The predicted octanol–water partition coefficient (Wildman–Crippen LogP) is 2.92. The Morgan fingerprint density at radius 3 is 2.56 bits per heavy atom. The zero-order valence-corrected chi connectivity index (χ0v) is 17.6. The van der Waals surface area contributed by atoms with Crippen molar-refractivity contribution in [2.45, 2.75) is 43.9 Å². The summed E-state index contributed by atoms with van der Waals surface area (Å²) in [5.74, 6) is 0.309. The third-order valence-corrected chi connectivity index (χ3v) is 5.80. The van der Waals surface area contributed by atoms with Gasteiger partial charge in [0.15, 0.2) is 6.29 Å². The number of aliphatic hydroxyl groups is 1. The quantitative estimate of drug-likeness (QED) is 0.656. The molecule has 7 heteroatoms. The van der Waals surface area contributed by atoms with Crippen LogP contribution in [0.1, 0.15) is 18.8 Å². The number of carbonyl (C=O) groups is 1. The Kier molecular flexibility index (Phi) is 5.80. The van der Waals surface area contributed by atoms with Crippen LogP contribution in [-0.2, 0) is 19.0 Å². The van der Waals surface area contributed by atoms with Gasteiger partial charge in [-0.3, -0.25) is 4.79 Å². The first-order chi connectivity index (χ1) is 15.6. The van der Waals surface area contributed by atoms with E-state index >= 15 is 0 Å². The van der Waals surface area contributed by atoms with Gasteiger partial charge in [0.1, 0.15) is 30.1 Å². The molecule has 2 aliphatic heterocycles. The minimum atomic E-state index is -1.05. The number of aliphatic hydroxyl groups excluding tert-OH is 1. The zero-order valence-electron chi connectivity index (χ0n) is 17.6. The van der Waals surface area contributed by atoms with Crippen molar-refractivity contribution in [2.24, 2.45) is 0 Å². The van der Waals surface area contributed by atoms with Crippen LogP contribution in [0.15, 0.2) is 72.8 Å². The third-order valence-electron chi connectivity index (χ3n) is 5.80. The van der Waals surface area contributed by atoms with Gasteiger partial charge in [0.25, 0.3) is 0 Å². The summed E-state index contributed by atoms with van der Waals surface area (Å²) in [4.78, 5) is 11.9. The van der Waals surface area contributed by atoms with Crippen LogP contribution in [0.25, 0.3) is 10.8 Å². The van der Waals surface area contributed by atoms with Gasteiger partial charge in [0.2, 0.25) is 12.2 Å². The maximum absolute atomic E-state index is 11.9. The minimum absolute atomic E-state index is 0.226. The number of nitrogens with one attached hydrogen (secondary N) is 1. The van der Waals surface area contributed by atoms with Crippen molar-refractivity contribution in [3.05, 3.63) is 78.4 Å². The van der Waals surface area contributed by atoms with E-state index in [-0.39, 0.29) is 12.5 Å². The molecule has 0 aromatic heterocycles. The van der Waals surface area contributed by atoms with Gasteiger partial charge in [-0.2, -0.15) is 0 Å². The van der Waals surface area contributed by atoms with Crippen molar-refractivity contribution in [1.82, 2.24) is 5.32 Å². The van der Waals surface area contributed by atoms with Crippen LogP contribution in [0, 0.1) is 0 Å². The second kappa shape index (κ2) is 8.88. The maximum atomic E-state index is 11.9. The molecule has 2 fully saturated rings. The second-order valence-electron chi connectivity index (χ2n) is 8.03. The lowest BCUT2D eigenvalue weighted by atomic mass is 9.95. The maximum Gasteiger partial charge on any atom is 0.223 e. The van der Waals surface area contributed by atoms with Crippen LogP contribution in [0.5, 0.6) is 5.75 Å². The molecule has 0 unspecified atom stereocenters. The standard InChI is InChI=1S/C25H25NO6/c1-15(27)26-21-22(28)23-20(14-29-24(32-23)17-9-3-2-4-10-17)31-25(21)30-19-13-7-11-16-8-5-6-12-18(16)19/h2-13,20-25,28H,14H2,1H3,(H,26,27)/t20-,21+,22+,23+,24+,25-/m1/s1. The highest BCUT2D eigenvalue weighted by Gasteiger charge is 2.50. The van der Waals surface area contributed by atoms with Gasteiger partial charge in [-0.05, 0) is 11.5 Å². The fraction of sp³-hybridized carbons (Fsp3) is 0.320. The Bertz CT molecular complexity index is 1080. The van der Waals surface area contributed by atoms with E-state index in [1.54, 1.807) is 0 Å². The molecule has 7 nitrogen and oxygen atoms in total. The first kappa shape index (κ1) is 20.9. The molecular formula is C25H25NO6. The number of ether oxygens (including phenoxy) is 4. The van der Waals surface area contributed by atoms with Crippen LogP contribution in [0.2, 0.25) is 0 Å². The lowest BCUT2D eigenvalue weighted by Gasteiger charge is -2.47. The molecule has 0 saturated carbocycles. The van der Waals surface area contributed by atoms with Gasteiger partial charge in [-0.1, -0.05) is 66.7 Å². The van der Waals surface area contributed by atoms with Crippen LogP contribution >= 0.6 is 0 Å².